The van der Waals surface area contributed by atoms with Crippen LogP contribution in [0.25, 0.3) is 0 Å². The number of fused-ring (bicyclic) bond motifs is 1. The molecule has 3 aromatic rings. The van der Waals surface area contributed by atoms with Crippen LogP contribution in [0.4, 0.5) is 0 Å². The summed E-state index contributed by atoms with van der Waals surface area (Å²) in [6.45, 7) is 5.32. The molecule has 0 spiro atoms. The Morgan fingerprint density at radius 2 is 1.65 bits per heavy atom. The molecule has 0 saturated carbocycles. The number of carbonyl (C=O) groups excluding carboxylic acids is 4. The van der Waals surface area contributed by atoms with Crippen LogP contribution >= 0.6 is 0 Å². The minimum atomic E-state index is -0.715. The van der Waals surface area contributed by atoms with Gasteiger partial charge in [0.15, 0.2) is 11.5 Å². The van der Waals surface area contributed by atoms with Crippen molar-refractivity contribution in [2.75, 3.05) is 40.3 Å². The van der Waals surface area contributed by atoms with E-state index in [9.17, 15) is 19.2 Å². The number of carbonyl (C=O) groups is 4. The number of likely N-dealkylation sites (N-methyl/N-ethyl adjacent to an activating group) is 1. The molecule has 4 amide bonds. The maximum Gasteiger partial charge on any atom is 0.254 e. The predicted octanol–water partition coefficient (Wildman–Crippen LogP) is 4.30. The van der Waals surface area contributed by atoms with Crippen molar-refractivity contribution in [3.63, 3.8) is 0 Å². The molecule has 51 heavy (non-hydrogen) atoms. The zero-order valence-electron chi connectivity index (χ0n) is 30.2. The summed E-state index contributed by atoms with van der Waals surface area (Å²) in [4.78, 5) is 62.6. The molecular formula is C40H51N5O6. The van der Waals surface area contributed by atoms with Gasteiger partial charge in [0.25, 0.3) is 5.91 Å². The van der Waals surface area contributed by atoms with Gasteiger partial charge >= 0.3 is 0 Å². The van der Waals surface area contributed by atoms with Gasteiger partial charge in [0.1, 0.15) is 6.04 Å². The second-order valence-corrected chi connectivity index (χ2v) is 13.8. The van der Waals surface area contributed by atoms with Crippen molar-refractivity contribution in [1.29, 1.82) is 0 Å². The molecule has 0 bridgehead atoms. The molecule has 2 N–H and O–H groups in total. The van der Waals surface area contributed by atoms with Crippen LogP contribution < -0.4 is 20.1 Å². The summed E-state index contributed by atoms with van der Waals surface area (Å²) in [7, 11) is 3.11. The van der Waals surface area contributed by atoms with E-state index in [1.54, 1.807) is 48.4 Å². The van der Waals surface area contributed by atoms with E-state index in [-0.39, 0.29) is 48.1 Å². The van der Waals surface area contributed by atoms with Gasteiger partial charge in [-0.05, 0) is 93.7 Å². The van der Waals surface area contributed by atoms with E-state index in [0.717, 1.165) is 12.1 Å². The molecule has 2 aliphatic heterocycles. The number of likely N-dealkylation sites (tertiary alicyclic amines) is 2. The fraction of sp³-hybridized carbons (Fsp3) is 0.475. The quantitative estimate of drug-likeness (QED) is 0.242. The number of rotatable bonds is 15. The second kappa shape index (κ2) is 17.8. The first-order valence-electron chi connectivity index (χ1n) is 18.0. The van der Waals surface area contributed by atoms with Gasteiger partial charge in [0.2, 0.25) is 17.7 Å². The Balaban J connectivity index is 1.31. The monoisotopic (exact) mass is 697 g/mol. The molecule has 2 saturated heterocycles. The summed E-state index contributed by atoms with van der Waals surface area (Å²) in [5.41, 5.74) is 2.56. The van der Waals surface area contributed by atoms with E-state index in [2.05, 4.69) is 27.8 Å². The highest BCUT2D eigenvalue weighted by atomic mass is 16.5. The van der Waals surface area contributed by atoms with Crippen molar-refractivity contribution >= 4 is 23.6 Å². The van der Waals surface area contributed by atoms with E-state index < -0.39 is 12.0 Å². The smallest absolute Gasteiger partial charge is 0.254 e. The van der Waals surface area contributed by atoms with Gasteiger partial charge in [-0.1, -0.05) is 36.4 Å². The van der Waals surface area contributed by atoms with Gasteiger partial charge in [-0.2, -0.15) is 0 Å². The molecule has 2 aliphatic rings. The van der Waals surface area contributed by atoms with Crippen LogP contribution in [0.15, 0.2) is 72.9 Å². The second-order valence-electron chi connectivity index (χ2n) is 13.8. The van der Waals surface area contributed by atoms with E-state index in [1.807, 2.05) is 50.2 Å². The summed E-state index contributed by atoms with van der Waals surface area (Å²) in [5, 5.41) is 5.74. The average molecular weight is 698 g/mol. The average Bonchev–Trinajstić information content (AvgIpc) is 3.58. The maximum atomic E-state index is 14.2. The lowest BCUT2D eigenvalue weighted by Gasteiger charge is -2.40. The van der Waals surface area contributed by atoms with Crippen molar-refractivity contribution in [2.45, 2.75) is 64.5 Å². The van der Waals surface area contributed by atoms with Gasteiger partial charge in [0.05, 0.1) is 19.1 Å². The van der Waals surface area contributed by atoms with Crippen molar-refractivity contribution in [3.05, 3.63) is 89.7 Å². The number of aryl methyl sites for hydroxylation is 2. The first-order chi connectivity index (χ1) is 24.7. The van der Waals surface area contributed by atoms with E-state index in [0.29, 0.717) is 68.8 Å². The van der Waals surface area contributed by atoms with Gasteiger partial charge < -0.3 is 29.9 Å². The van der Waals surface area contributed by atoms with E-state index in [4.69, 9.17) is 9.47 Å². The Morgan fingerprint density at radius 1 is 0.882 bits per heavy atom. The van der Waals surface area contributed by atoms with E-state index in [1.165, 1.54) is 5.56 Å². The third-order valence-corrected chi connectivity index (χ3v) is 9.86. The lowest BCUT2D eigenvalue weighted by atomic mass is 9.79. The number of amides is 4. The van der Waals surface area contributed by atoms with Crippen LogP contribution in [0.3, 0.4) is 0 Å². The molecule has 4 atom stereocenters. The highest BCUT2D eigenvalue weighted by Gasteiger charge is 2.48. The van der Waals surface area contributed by atoms with Crippen molar-refractivity contribution in [2.24, 2.45) is 17.8 Å². The third-order valence-electron chi connectivity index (χ3n) is 9.86. The van der Waals surface area contributed by atoms with Crippen LogP contribution in [-0.2, 0) is 27.2 Å². The fourth-order valence-electron chi connectivity index (χ4n) is 7.26. The Kier molecular flexibility index (Phi) is 13.0. The van der Waals surface area contributed by atoms with Crippen LogP contribution in [0.5, 0.6) is 11.5 Å². The number of piperidine rings is 1. The minimum absolute atomic E-state index is 0.0249. The van der Waals surface area contributed by atoms with Crippen molar-refractivity contribution < 1.29 is 28.7 Å². The molecule has 1 aromatic heterocycles. The van der Waals surface area contributed by atoms with Crippen molar-refractivity contribution in [1.82, 2.24) is 25.4 Å². The van der Waals surface area contributed by atoms with Gasteiger partial charge in [-0.15, -0.1) is 0 Å². The van der Waals surface area contributed by atoms with Gasteiger partial charge in [-0.3, -0.25) is 24.2 Å². The number of ether oxygens (including phenoxy) is 2. The van der Waals surface area contributed by atoms with Gasteiger partial charge in [0, 0.05) is 57.1 Å². The topological polar surface area (TPSA) is 130 Å². The lowest BCUT2D eigenvalue weighted by Crippen LogP contribution is -2.56. The zero-order valence-corrected chi connectivity index (χ0v) is 30.2. The van der Waals surface area contributed by atoms with Crippen LogP contribution in [-0.4, -0.2) is 90.9 Å². The Bertz CT molecular complexity index is 1630. The number of hydrogen-bond donors (Lipinski definition) is 2. The fourth-order valence-corrected chi connectivity index (χ4v) is 7.26. The molecular weight excluding hydrogens is 646 g/mol. The zero-order chi connectivity index (χ0) is 36.3. The number of nitrogens with one attached hydrogen (secondary N) is 2. The first kappa shape index (κ1) is 37.3. The molecule has 272 valence electrons. The molecule has 3 heterocycles. The molecule has 3 unspecified atom stereocenters. The number of pyridine rings is 1. The Morgan fingerprint density at radius 3 is 2.35 bits per heavy atom. The van der Waals surface area contributed by atoms with E-state index >= 15 is 0 Å². The number of aromatic nitrogens is 1. The standard InChI is InChI=1S/C40H51N5O6/c1-27(2)51-35-20-19-29(22-36(35)50-4)40(49)45-24-30-23-44(37(46)18-11-16-31-15-8-9-21-42-31)26-33(32(30)25-45)38(47)43-34(39(48)41-3)17-10-14-28-12-6-5-7-13-28/h5-9,12-13,15,19-22,27,30,32-34H,10-11,14,16-18,23-26H2,1-4H3,(H,41,48)(H,43,47)/t30?,32?,33?,34-/m0/s1. The van der Waals surface area contributed by atoms with Gasteiger partial charge in [-0.25, -0.2) is 0 Å². The molecule has 11 heteroatoms. The minimum Gasteiger partial charge on any atom is -0.493 e. The molecule has 2 aromatic carbocycles. The largest absolute Gasteiger partial charge is 0.493 e. The Hall–Kier alpha value is -4.93. The third kappa shape index (κ3) is 9.86. The summed E-state index contributed by atoms with van der Waals surface area (Å²) in [6.07, 6.45) is 5.31. The first-order valence-corrected chi connectivity index (χ1v) is 18.0. The number of nitrogens with zero attached hydrogens (tertiary/aromatic N) is 3. The number of benzene rings is 2. The molecule has 0 aliphatic carbocycles. The predicted molar refractivity (Wildman–Crippen MR) is 194 cm³/mol. The molecule has 0 radical (unpaired) electrons. The molecule has 2 fully saturated rings. The number of hydrogen-bond acceptors (Lipinski definition) is 7. The summed E-state index contributed by atoms with van der Waals surface area (Å²) in [6, 6.07) is 20.2. The van der Waals surface area contributed by atoms with Crippen molar-refractivity contribution in [3.8, 4) is 11.5 Å². The summed E-state index contributed by atoms with van der Waals surface area (Å²) in [5.74, 6) is -0.547. The molecule has 11 nitrogen and oxygen atoms in total. The van der Waals surface area contributed by atoms with Crippen LogP contribution in [0.2, 0.25) is 0 Å². The Labute approximate surface area is 301 Å². The lowest BCUT2D eigenvalue weighted by molar-refractivity contribution is -0.140. The summed E-state index contributed by atoms with van der Waals surface area (Å²) < 4.78 is 11.4. The summed E-state index contributed by atoms with van der Waals surface area (Å²) >= 11 is 0. The van der Waals surface area contributed by atoms with Crippen LogP contribution in [0.1, 0.15) is 61.1 Å². The molecule has 5 rings (SSSR count). The maximum absolute atomic E-state index is 14.2. The highest BCUT2D eigenvalue weighted by molar-refractivity contribution is 5.95. The highest BCUT2D eigenvalue weighted by Crippen LogP contribution is 2.37. The van der Waals surface area contributed by atoms with Crippen LogP contribution in [0, 0.1) is 17.8 Å². The number of methoxy groups -OCH3 is 1. The SMILES string of the molecule is CNC(=O)[C@H](CCCc1ccccc1)NC(=O)C1CN(C(=O)CCCc2ccccn2)CC2CN(C(=O)c3ccc(OC(C)C)c(OC)c3)CC21. The normalized spacial score (nSPS) is 18.9.